The van der Waals surface area contributed by atoms with Gasteiger partial charge in [0.15, 0.2) is 0 Å². The number of hydrogen-bond donors (Lipinski definition) is 1. The highest BCUT2D eigenvalue weighted by atomic mass is 32.1. The maximum atomic E-state index is 5.50. The minimum atomic E-state index is 0.220. The molecule has 0 radical (unpaired) electrons. The molecule has 0 atom stereocenters. The van der Waals surface area contributed by atoms with Crippen molar-refractivity contribution < 1.29 is 4.74 Å². The van der Waals surface area contributed by atoms with E-state index in [9.17, 15) is 0 Å². The van der Waals surface area contributed by atoms with Gasteiger partial charge in [-0.1, -0.05) is 44.9 Å². The van der Waals surface area contributed by atoms with Gasteiger partial charge in [-0.3, -0.25) is 0 Å². The molecular weight excluding hydrogens is 218 g/mol. The van der Waals surface area contributed by atoms with Crippen molar-refractivity contribution >= 4 is 17.4 Å². The van der Waals surface area contributed by atoms with E-state index < -0.39 is 0 Å². The molecule has 2 N–H and O–H groups in total. The molecule has 0 aromatic carbocycles. The first-order valence-electron chi connectivity index (χ1n) is 6.75. The lowest BCUT2D eigenvalue weighted by Gasteiger charge is -2.18. The summed E-state index contributed by atoms with van der Waals surface area (Å²) in [4.78, 5) is 0. The van der Waals surface area contributed by atoms with Gasteiger partial charge in [-0.25, -0.2) is 0 Å². The first-order chi connectivity index (χ1) is 7.79. The number of nitrogens with two attached hydrogens (primary N) is 1. The van der Waals surface area contributed by atoms with Gasteiger partial charge in [-0.05, 0) is 37.9 Å². The van der Waals surface area contributed by atoms with E-state index >= 15 is 0 Å². The van der Waals surface area contributed by atoms with Crippen LogP contribution >= 0.6 is 12.2 Å². The van der Waals surface area contributed by atoms with E-state index in [1.165, 1.54) is 57.8 Å². The Balaban J connectivity index is 2.27. The quantitative estimate of drug-likeness (QED) is 0.709. The highest BCUT2D eigenvalue weighted by Gasteiger charge is 2.11. The Bertz CT molecular complexity index is 184. The second-order valence-corrected chi connectivity index (χ2v) is 5.22. The van der Waals surface area contributed by atoms with E-state index in [1.54, 1.807) is 0 Å². The Morgan fingerprint density at radius 2 is 1.19 bits per heavy atom. The van der Waals surface area contributed by atoms with Crippen molar-refractivity contribution in [1.29, 1.82) is 0 Å². The van der Waals surface area contributed by atoms with Crippen molar-refractivity contribution in [2.75, 3.05) is 0 Å². The van der Waals surface area contributed by atoms with Gasteiger partial charge >= 0.3 is 0 Å². The van der Waals surface area contributed by atoms with Crippen molar-refractivity contribution in [2.24, 2.45) is 5.73 Å². The average Bonchev–Trinajstić information content (AvgIpc) is 2.21. The van der Waals surface area contributed by atoms with Crippen molar-refractivity contribution in [3.8, 4) is 0 Å². The molecule has 1 aliphatic carbocycles. The summed E-state index contributed by atoms with van der Waals surface area (Å²) in [7, 11) is 0. The van der Waals surface area contributed by atoms with Crippen molar-refractivity contribution in [3.05, 3.63) is 0 Å². The summed E-state index contributed by atoms with van der Waals surface area (Å²) in [5.41, 5.74) is 5.45. The van der Waals surface area contributed by atoms with Crippen LogP contribution in [0.2, 0.25) is 0 Å². The van der Waals surface area contributed by atoms with Crippen LogP contribution in [-0.2, 0) is 4.74 Å². The molecule has 1 aliphatic rings. The second kappa shape index (κ2) is 8.80. The molecule has 94 valence electrons. The molecule has 1 fully saturated rings. The van der Waals surface area contributed by atoms with Gasteiger partial charge in [0.05, 0.1) is 0 Å². The summed E-state index contributed by atoms with van der Waals surface area (Å²) in [6, 6.07) is 0. The average molecular weight is 243 g/mol. The molecule has 0 saturated heterocycles. The topological polar surface area (TPSA) is 35.2 Å². The van der Waals surface area contributed by atoms with Crippen LogP contribution in [0.3, 0.4) is 0 Å². The molecular formula is C13H25NOS. The third kappa shape index (κ3) is 7.04. The summed E-state index contributed by atoms with van der Waals surface area (Å²) in [5.74, 6) is 0. The molecule has 0 unspecified atom stereocenters. The van der Waals surface area contributed by atoms with Gasteiger partial charge in [0, 0.05) is 0 Å². The van der Waals surface area contributed by atoms with Crippen molar-refractivity contribution in [3.63, 3.8) is 0 Å². The van der Waals surface area contributed by atoms with Crippen LogP contribution in [0.5, 0.6) is 0 Å². The predicted octanol–water partition coefficient (Wildman–Crippen LogP) is 3.92. The maximum Gasteiger partial charge on any atom is 0.254 e. The monoisotopic (exact) mass is 243 g/mol. The second-order valence-electron chi connectivity index (χ2n) is 4.82. The Morgan fingerprint density at radius 1 is 0.812 bits per heavy atom. The fourth-order valence-corrected chi connectivity index (χ4v) is 2.54. The van der Waals surface area contributed by atoms with Gasteiger partial charge in [-0.2, -0.15) is 0 Å². The normalized spacial score (nSPS) is 21.8. The molecule has 0 aromatic heterocycles. The Kier molecular flexibility index (Phi) is 7.56. The molecule has 2 nitrogen and oxygen atoms in total. The van der Waals surface area contributed by atoms with E-state index in [-0.39, 0.29) is 11.3 Å². The summed E-state index contributed by atoms with van der Waals surface area (Å²) < 4.78 is 5.50. The predicted molar refractivity (Wildman–Crippen MR) is 72.4 cm³/mol. The molecule has 0 aromatic rings. The number of thiocarbonyl (C=S) groups is 1. The molecule has 0 aliphatic heterocycles. The van der Waals surface area contributed by atoms with Gasteiger partial charge in [0.1, 0.15) is 6.10 Å². The van der Waals surface area contributed by atoms with Gasteiger partial charge in [0.2, 0.25) is 0 Å². The molecule has 0 spiro atoms. The minimum Gasteiger partial charge on any atom is -0.468 e. The van der Waals surface area contributed by atoms with Crippen molar-refractivity contribution in [1.82, 2.24) is 0 Å². The fourth-order valence-electron chi connectivity index (χ4n) is 2.41. The zero-order valence-electron chi connectivity index (χ0n) is 10.2. The molecule has 0 amide bonds. The van der Waals surface area contributed by atoms with Gasteiger partial charge < -0.3 is 10.5 Å². The van der Waals surface area contributed by atoms with Crippen LogP contribution in [0.15, 0.2) is 0 Å². The standard InChI is InChI=1S/C13H25NOS/c14-13(16)15-12-10-8-6-4-2-1-3-5-7-9-11-12/h12H,1-11H2,(H2,14,16). The highest BCUT2D eigenvalue weighted by Crippen LogP contribution is 2.18. The van der Waals surface area contributed by atoms with Gasteiger partial charge in [0.25, 0.3) is 5.17 Å². The smallest absolute Gasteiger partial charge is 0.254 e. The highest BCUT2D eigenvalue weighted by molar-refractivity contribution is 7.80. The SMILES string of the molecule is NC(=S)OC1CCCCCCCCCCC1. The van der Waals surface area contributed by atoms with E-state index in [0.717, 1.165) is 12.8 Å². The van der Waals surface area contributed by atoms with Crippen LogP contribution in [0.1, 0.15) is 70.6 Å². The van der Waals surface area contributed by atoms with Crippen LogP contribution in [0.25, 0.3) is 0 Å². The first kappa shape index (κ1) is 13.8. The molecule has 0 heterocycles. The summed E-state index contributed by atoms with van der Waals surface area (Å²) in [6.45, 7) is 0. The van der Waals surface area contributed by atoms with Crippen LogP contribution in [0, 0.1) is 0 Å². The largest absolute Gasteiger partial charge is 0.468 e. The Morgan fingerprint density at radius 3 is 1.56 bits per heavy atom. The number of hydrogen-bond acceptors (Lipinski definition) is 2. The van der Waals surface area contributed by atoms with Gasteiger partial charge in [-0.15, -0.1) is 0 Å². The van der Waals surface area contributed by atoms with Crippen molar-refractivity contribution in [2.45, 2.75) is 76.7 Å². The van der Waals surface area contributed by atoms with E-state index in [0.29, 0.717) is 0 Å². The van der Waals surface area contributed by atoms with Crippen LogP contribution in [0.4, 0.5) is 0 Å². The summed E-state index contributed by atoms with van der Waals surface area (Å²) in [5, 5.41) is 0.220. The molecule has 16 heavy (non-hydrogen) atoms. The summed E-state index contributed by atoms with van der Waals surface area (Å²) in [6.07, 6.45) is 14.7. The molecule has 0 bridgehead atoms. The lowest BCUT2D eigenvalue weighted by atomic mass is 9.99. The maximum absolute atomic E-state index is 5.50. The van der Waals surface area contributed by atoms with E-state index in [4.69, 9.17) is 22.7 Å². The third-order valence-electron chi connectivity index (χ3n) is 3.34. The number of rotatable bonds is 1. The third-order valence-corrected chi connectivity index (χ3v) is 3.43. The Hall–Kier alpha value is -0.310. The minimum absolute atomic E-state index is 0.220. The zero-order chi connectivity index (χ0) is 11.6. The lowest BCUT2D eigenvalue weighted by molar-refractivity contribution is 0.162. The first-order valence-corrected chi connectivity index (χ1v) is 7.16. The number of ether oxygens (including phenoxy) is 1. The molecule has 1 rings (SSSR count). The van der Waals surface area contributed by atoms with Crippen LogP contribution in [-0.4, -0.2) is 11.3 Å². The summed E-state index contributed by atoms with van der Waals surface area (Å²) >= 11 is 4.82. The van der Waals surface area contributed by atoms with E-state index in [1.807, 2.05) is 0 Å². The zero-order valence-corrected chi connectivity index (χ0v) is 11.1. The fraction of sp³-hybridized carbons (Fsp3) is 0.923. The van der Waals surface area contributed by atoms with E-state index in [2.05, 4.69) is 0 Å². The van der Waals surface area contributed by atoms with Crippen LogP contribution < -0.4 is 5.73 Å². The molecule has 3 heteroatoms. The Labute approximate surface area is 105 Å². The lowest BCUT2D eigenvalue weighted by Crippen LogP contribution is -2.22. The molecule has 1 saturated carbocycles.